The van der Waals surface area contributed by atoms with Crippen LogP contribution in [0.1, 0.15) is 24.2 Å². The quantitative estimate of drug-likeness (QED) is 0.355. The number of methoxy groups -OCH3 is 1. The fraction of sp³-hybridized carbons (Fsp3) is 0.360. The predicted octanol–water partition coefficient (Wildman–Crippen LogP) is 2.83. The molecule has 0 saturated carbocycles. The molecular formula is C25H28N6O3. The molecule has 0 atom stereocenters. The van der Waals surface area contributed by atoms with Gasteiger partial charge in [0.15, 0.2) is 11.5 Å². The molecule has 1 aliphatic heterocycles. The number of fused-ring (bicyclic) bond motifs is 1. The first-order chi connectivity index (χ1) is 16.7. The Morgan fingerprint density at radius 1 is 1.09 bits per heavy atom. The molecule has 1 fully saturated rings. The number of hydrogen-bond acceptors (Lipinski definition) is 7. The number of ether oxygens (including phenoxy) is 2. The molecule has 0 radical (unpaired) electrons. The van der Waals surface area contributed by atoms with Crippen LogP contribution in [-0.2, 0) is 22.5 Å². The SMILES string of the molecule is COC(=O)Cn1cc(-c2cccc3nc(Cc4ccc(OCCN5CCCC5)cc4)nn23)cn1. The lowest BCUT2D eigenvalue weighted by atomic mass is 10.1. The molecule has 5 rings (SSSR count). The summed E-state index contributed by atoms with van der Waals surface area (Å²) in [6, 6.07) is 14.0. The first-order valence-corrected chi connectivity index (χ1v) is 11.6. The third-order valence-electron chi connectivity index (χ3n) is 6.01. The van der Waals surface area contributed by atoms with E-state index in [0.717, 1.165) is 40.6 Å². The monoisotopic (exact) mass is 460 g/mol. The Bertz CT molecular complexity index is 1260. The molecule has 34 heavy (non-hydrogen) atoms. The van der Waals surface area contributed by atoms with E-state index in [2.05, 4.69) is 22.1 Å². The number of carbonyl (C=O) groups is 1. The van der Waals surface area contributed by atoms with E-state index < -0.39 is 0 Å². The van der Waals surface area contributed by atoms with Gasteiger partial charge in [-0.05, 0) is 55.8 Å². The van der Waals surface area contributed by atoms with E-state index in [1.165, 1.54) is 33.0 Å². The number of nitrogens with zero attached hydrogens (tertiary/aromatic N) is 6. The van der Waals surface area contributed by atoms with Crippen LogP contribution in [0, 0.1) is 0 Å². The van der Waals surface area contributed by atoms with Gasteiger partial charge in [-0.25, -0.2) is 9.50 Å². The van der Waals surface area contributed by atoms with E-state index in [1.807, 2.05) is 34.8 Å². The molecule has 1 aliphatic rings. The molecule has 3 aromatic heterocycles. The third kappa shape index (κ3) is 5.09. The van der Waals surface area contributed by atoms with Crippen LogP contribution in [0.4, 0.5) is 0 Å². The van der Waals surface area contributed by atoms with Crippen LogP contribution in [0.15, 0.2) is 54.9 Å². The molecule has 9 heteroatoms. The number of likely N-dealkylation sites (tertiary alicyclic amines) is 1. The van der Waals surface area contributed by atoms with Gasteiger partial charge in [0.1, 0.15) is 18.9 Å². The van der Waals surface area contributed by atoms with Crippen molar-refractivity contribution < 1.29 is 14.3 Å². The van der Waals surface area contributed by atoms with Crippen molar-refractivity contribution in [1.82, 2.24) is 29.3 Å². The van der Waals surface area contributed by atoms with Crippen LogP contribution < -0.4 is 4.74 Å². The Balaban J connectivity index is 1.25. The molecule has 176 valence electrons. The number of carbonyl (C=O) groups excluding carboxylic acids is 1. The van der Waals surface area contributed by atoms with Crippen molar-refractivity contribution in [2.45, 2.75) is 25.8 Å². The number of esters is 1. The van der Waals surface area contributed by atoms with Gasteiger partial charge in [0, 0.05) is 24.7 Å². The lowest BCUT2D eigenvalue weighted by Crippen LogP contribution is -2.25. The Morgan fingerprint density at radius 2 is 1.91 bits per heavy atom. The highest BCUT2D eigenvalue weighted by atomic mass is 16.5. The fourth-order valence-corrected chi connectivity index (χ4v) is 4.21. The minimum absolute atomic E-state index is 0.0625. The molecule has 1 saturated heterocycles. The summed E-state index contributed by atoms with van der Waals surface area (Å²) in [5, 5.41) is 8.98. The standard InChI is InChI=1S/C25H28N6O3/c1-33-25(32)18-30-17-20(16-26-30)22-5-4-6-24-27-23(28-31(22)24)15-19-7-9-21(10-8-19)34-14-13-29-11-2-3-12-29/h4-10,16-17H,2-3,11-15,18H2,1H3. The lowest BCUT2D eigenvalue weighted by Gasteiger charge is -2.14. The molecule has 0 bridgehead atoms. The highest BCUT2D eigenvalue weighted by molar-refractivity contribution is 5.69. The molecule has 4 heterocycles. The minimum atomic E-state index is -0.348. The van der Waals surface area contributed by atoms with E-state index in [9.17, 15) is 4.79 Å². The van der Waals surface area contributed by atoms with Gasteiger partial charge in [0.2, 0.25) is 0 Å². The Kier molecular flexibility index (Phi) is 6.53. The second kappa shape index (κ2) is 10.0. The zero-order valence-corrected chi connectivity index (χ0v) is 19.3. The van der Waals surface area contributed by atoms with Crippen LogP contribution in [0.3, 0.4) is 0 Å². The van der Waals surface area contributed by atoms with Crippen molar-refractivity contribution in [3.8, 4) is 17.0 Å². The second-order valence-electron chi connectivity index (χ2n) is 8.43. The zero-order chi connectivity index (χ0) is 23.3. The van der Waals surface area contributed by atoms with Crippen LogP contribution >= 0.6 is 0 Å². The number of benzene rings is 1. The molecular weight excluding hydrogens is 432 g/mol. The van der Waals surface area contributed by atoms with Gasteiger partial charge in [0.05, 0.1) is 19.0 Å². The molecule has 1 aromatic carbocycles. The average Bonchev–Trinajstić information content (AvgIpc) is 3.61. The van der Waals surface area contributed by atoms with Crippen molar-refractivity contribution >= 4 is 11.6 Å². The fourth-order valence-electron chi connectivity index (χ4n) is 4.21. The Morgan fingerprint density at radius 3 is 2.71 bits per heavy atom. The highest BCUT2D eigenvalue weighted by Gasteiger charge is 2.13. The van der Waals surface area contributed by atoms with E-state index in [-0.39, 0.29) is 12.5 Å². The summed E-state index contributed by atoms with van der Waals surface area (Å²) < 4.78 is 14.0. The first kappa shape index (κ1) is 22.1. The second-order valence-corrected chi connectivity index (χ2v) is 8.43. The van der Waals surface area contributed by atoms with Gasteiger partial charge in [-0.2, -0.15) is 10.2 Å². The summed E-state index contributed by atoms with van der Waals surface area (Å²) in [5.74, 6) is 1.27. The van der Waals surface area contributed by atoms with Crippen molar-refractivity contribution in [2.24, 2.45) is 0 Å². The summed E-state index contributed by atoms with van der Waals surface area (Å²) in [7, 11) is 1.36. The van der Waals surface area contributed by atoms with Crippen LogP contribution in [0.2, 0.25) is 0 Å². The van der Waals surface area contributed by atoms with Crippen molar-refractivity contribution in [3.05, 3.63) is 66.2 Å². The first-order valence-electron chi connectivity index (χ1n) is 11.6. The summed E-state index contributed by atoms with van der Waals surface area (Å²) in [4.78, 5) is 18.7. The smallest absolute Gasteiger partial charge is 0.327 e. The van der Waals surface area contributed by atoms with Gasteiger partial charge < -0.3 is 9.47 Å². The molecule has 4 aromatic rings. The van der Waals surface area contributed by atoms with Gasteiger partial charge in [-0.3, -0.25) is 14.4 Å². The topological polar surface area (TPSA) is 86.8 Å². The molecule has 0 aliphatic carbocycles. The van der Waals surface area contributed by atoms with Crippen molar-refractivity contribution in [2.75, 3.05) is 33.4 Å². The number of hydrogen-bond donors (Lipinski definition) is 0. The molecule has 0 amide bonds. The summed E-state index contributed by atoms with van der Waals surface area (Å²) in [5.41, 5.74) is 3.58. The maximum Gasteiger partial charge on any atom is 0.327 e. The maximum absolute atomic E-state index is 11.5. The normalized spacial score (nSPS) is 14.0. The van der Waals surface area contributed by atoms with E-state index in [1.54, 1.807) is 17.1 Å². The van der Waals surface area contributed by atoms with E-state index in [4.69, 9.17) is 19.6 Å². The molecule has 0 unspecified atom stereocenters. The van der Waals surface area contributed by atoms with Crippen LogP contribution in [-0.4, -0.2) is 68.6 Å². The molecule has 0 N–H and O–H groups in total. The largest absolute Gasteiger partial charge is 0.492 e. The average molecular weight is 461 g/mol. The summed E-state index contributed by atoms with van der Waals surface area (Å²) in [6.45, 7) is 4.13. The van der Waals surface area contributed by atoms with Gasteiger partial charge in [-0.1, -0.05) is 18.2 Å². The summed E-state index contributed by atoms with van der Waals surface area (Å²) >= 11 is 0. The number of pyridine rings is 1. The number of rotatable bonds is 9. The van der Waals surface area contributed by atoms with Crippen LogP contribution in [0.5, 0.6) is 5.75 Å². The van der Waals surface area contributed by atoms with Gasteiger partial charge >= 0.3 is 5.97 Å². The third-order valence-corrected chi connectivity index (χ3v) is 6.01. The van der Waals surface area contributed by atoms with Gasteiger partial charge in [0.25, 0.3) is 0 Å². The van der Waals surface area contributed by atoms with Crippen LogP contribution in [0.25, 0.3) is 16.9 Å². The lowest BCUT2D eigenvalue weighted by molar-refractivity contribution is -0.141. The molecule has 0 spiro atoms. The van der Waals surface area contributed by atoms with Gasteiger partial charge in [-0.15, -0.1) is 0 Å². The predicted molar refractivity (Wildman–Crippen MR) is 127 cm³/mol. The van der Waals surface area contributed by atoms with Crippen molar-refractivity contribution in [3.63, 3.8) is 0 Å². The maximum atomic E-state index is 11.5. The van der Waals surface area contributed by atoms with Crippen molar-refractivity contribution in [1.29, 1.82) is 0 Å². The molecule has 9 nitrogen and oxygen atoms in total. The number of aromatic nitrogens is 5. The Labute approximate surface area is 197 Å². The van der Waals surface area contributed by atoms with E-state index >= 15 is 0 Å². The zero-order valence-electron chi connectivity index (χ0n) is 19.3. The minimum Gasteiger partial charge on any atom is -0.492 e. The van der Waals surface area contributed by atoms with E-state index in [0.29, 0.717) is 13.0 Å². The Hall–Kier alpha value is -3.72. The highest BCUT2D eigenvalue weighted by Crippen LogP contribution is 2.21. The summed E-state index contributed by atoms with van der Waals surface area (Å²) in [6.07, 6.45) is 6.73.